The average Bonchev–Trinajstić information content (AvgIpc) is 1.67. The first-order chi connectivity index (χ1) is 62.5. The molecule has 2 saturated heterocycles. The Hall–Kier alpha value is -6.98. The minimum atomic E-state index is -0.838. The summed E-state index contributed by atoms with van der Waals surface area (Å²) >= 11 is 6.70. The number of ether oxygens (including phenoxy) is 9. The highest BCUT2D eigenvalue weighted by Gasteiger charge is 2.41. The first kappa shape index (κ1) is 120. The normalized spacial score (nSPS) is 14.9. The number of unbranched alkanes of at least 4 members (excludes halogenated alkanes) is 7. The molecule has 3 atom stereocenters. The fourth-order valence-electron chi connectivity index (χ4n) is 14.1. The Labute approximate surface area is 807 Å². The van der Waals surface area contributed by atoms with Crippen molar-refractivity contribution in [3.63, 3.8) is 0 Å². The number of hydrogen-bond acceptors (Lipinski definition) is 27. The zero-order chi connectivity index (χ0) is 99.6. The van der Waals surface area contributed by atoms with Gasteiger partial charge in [-0.1, -0.05) is 64.0 Å². The molecule has 0 radical (unpaired) electrons. The van der Waals surface area contributed by atoms with Crippen LogP contribution >= 0.6 is 36.3 Å². The van der Waals surface area contributed by atoms with E-state index in [1.54, 1.807) is 52.6 Å². The number of nitrogens with one attached hydrogen (secondary N) is 6. The molecular weight excluding hydrogens is 1770 g/mol. The first-order valence-corrected chi connectivity index (χ1v) is 50.1. The largest absolute Gasteiger partial charge is 0.440 e. The maximum atomic E-state index is 14.3. The van der Waals surface area contributed by atoms with Gasteiger partial charge in [-0.05, 0) is 230 Å². The van der Waals surface area contributed by atoms with E-state index in [0.29, 0.717) is 120 Å². The first-order valence-electron chi connectivity index (χ1n) is 47.6. The van der Waals surface area contributed by atoms with Gasteiger partial charge >= 0.3 is 12.2 Å². The zero-order valence-electron chi connectivity index (χ0n) is 84.2. The third-order valence-corrected chi connectivity index (χ3v) is 26.3. The van der Waals surface area contributed by atoms with Crippen molar-refractivity contribution in [2.24, 2.45) is 0 Å². The third-order valence-electron chi connectivity index (χ3n) is 23.6. The lowest BCUT2D eigenvalue weighted by Gasteiger charge is -2.33. The van der Waals surface area contributed by atoms with Crippen LogP contribution in [-0.4, -0.2) is 333 Å². The van der Waals surface area contributed by atoms with Crippen LogP contribution in [0.3, 0.4) is 0 Å². The topological polar surface area (TPSA) is 400 Å². The molecule has 2 aliphatic rings. The maximum absolute atomic E-state index is 14.3. The van der Waals surface area contributed by atoms with Crippen LogP contribution in [0, 0.1) is 0 Å². The predicted molar refractivity (Wildman–Crippen MR) is 520 cm³/mol. The van der Waals surface area contributed by atoms with Crippen LogP contribution in [0.15, 0.2) is 24.3 Å². The Morgan fingerprint density at radius 2 is 0.857 bits per heavy atom. The van der Waals surface area contributed by atoms with E-state index in [2.05, 4.69) is 51.3 Å². The third kappa shape index (κ3) is 51.9. The molecule has 3 unspecified atom stereocenters. The monoisotopic (exact) mass is 1940 g/mol. The van der Waals surface area contributed by atoms with Crippen molar-refractivity contribution in [2.75, 3.05) is 172 Å². The minimum Gasteiger partial charge on any atom is -0.440 e. The van der Waals surface area contributed by atoms with Gasteiger partial charge in [-0.25, -0.2) is 15.0 Å². The number of amides is 13. The second-order valence-electron chi connectivity index (χ2n) is 39.0. The van der Waals surface area contributed by atoms with Crippen molar-refractivity contribution in [2.45, 2.75) is 320 Å². The number of rotatable bonds is 73. The van der Waals surface area contributed by atoms with E-state index in [0.717, 1.165) is 74.1 Å². The number of hydrazine groups is 1. The van der Waals surface area contributed by atoms with E-state index in [-0.39, 0.29) is 169 Å². The molecule has 38 heteroatoms. The van der Waals surface area contributed by atoms with Crippen LogP contribution in [0.2, 0.25) is 0 Å². The van der Waals surface area contributed by atoms with E-state index < -0.39 is 80.4 Å². The molecule has 35 nitrogen and oxygen atoms in total. The number of likely N-dealkylation sites (tertiary alicyclic amines) is 2. The summed E-state index contributed by atoms with van der Waals surface area (Å²) in [5.74, 6) is -2.10. The van der Waals surface area contributed by atoms with Crippen LogP contribution in [0.25, 0.3) is 0 Å². The molecule has 3 rings (SSSR count). The van der Waals surface area contributed by atoms with Crippen molar-refractivity contribution >= 4 is 114 Å². The Kier molecular flexibility index (Phi) is 56.1. The van der Waals surface area contributed by atoms with E-state index >= 15 is 0 Å². The fraction of sp³-hybridized carbons (Fsp3) is 0.800. The van der Waals surface area contributed by atoms with E-state index in [9.17, 15) is 62.3 Å². The number of benzene rings is 1. The summed E-state index contributed by atoms with van der Waals surface area (Å²) in [6.07, 6.45) is 9.96. The van der Waals surface area contributed by atoms with Gasteiger partial charge in [0.25, 0.3) is 0 Å². The SMILES string of the molecule is CCCCOC(C)(C)CC(=O)N(CCC(C)(C)OCCC(C)(C)OC)CC(=O)NCCNC(=O)CCN1C(=O)CC(SCCCCCCN(CCCCCCSC2CC(=O)N(CCC(=O)NCCNC(=O)CN(CCC(C)(C)OCCC(C)(C)OC)C(=O)CC(C)(C)OCCC(C)(C)OC)C2=O)C(=O)CCCC(OC(=O)NNS)c2ccc(OC(=O)N(C)CCCN(C)C)cc2)C1=O. The molecule has 2 fully saturated rings. The number of nitrogens with zero attached hydrogens (tertiary/aromatic N) is 7. The van der Waals surface area contributed by atoms with Gasteiger partial charge in [-0.15, -0.1) is 23.5 Å². The van der Waals surface area contributed by atoms with Crippen LogP contribution < -0.4 is 36.3 Å². The molecule has 0 saturated carbocycles. The molecule has 6 N–H and O–H groups in total. The Balaban J connectivity index is 1.56. The molecule has 0 aliphatic carbocycles. The summed E-state index contributed by atoms with van der Waals surface area (Å²) in [5.41, 5.74) is -1.05. The molecule has 1 aromatic carbocycles. The van der Waals surface area contributed by atoms with Crippen molar-refractivity contribution in [3.8, 4) is 5.75 Å². The van der Waals surface area contributed by atoms with Crippen molar-refractivity contribution in [1.82, 2.24) is 65.8 Å². The summed E-state index contributed by atoms with van der Waals surface area (Å²) in [7, 11) is 10.5. The Morgan fingerprint density at radius 1 is 0.451 bits per heavy atom. The number of thiol groups is 1. The quantitative estimate of drug-likeness (QED) is 0.0138. The lowest BCUT2D eigenvalue weighted by atomic mass is 10.0. The van der Waals surface area contributed by atoms with Gasteiger partial charge in [0, 0.05) is 139 Å². The molecule has 133 heavy (non-hydrogen) atoms. The van der Waals surface area contributed by atoms with Gasteiger partial charge < -0.3 is 88.4 Å². The van der Waals surface area contributed by atoms with Crippen molar-refractivity contribution < 1.29 is 105 Å². The van der Waals surface area contributed by atoms with E-state index in [1.165, 1.54) is 38.2 Å². The van der Waals surface area contributed by atoms with Crippen molar-refractivity contribution in [3.05, 3.63) is 29.8 Å². The molecule has 1 aromatic rings. The molecule has 13 amide bonds. The molecule has 2 aliphatic heterocycles. The Morgan fingerprint density at radius 3 is 1.26 bits per heavy atom. The number of imide groups is 2. The lowest BCUT2D eigenvalue weighted by molar-refractivity contribution is -0.143. The smallest absolute Gasteiger partial charge is 0.422 e. The molecular formula is C95H167N13O22S3. The fourth-order valence-corrected chi connectivity index (χ4v) is 16.5. The summed E-state index contributed by atoms with van der Waals surface area (Å²) < 4.78 is 52.7. The minimum absolute atomic E-state index is 0.0157. The van der Waals surface area contributed by atoms with Gasteiger partial charge in [-0.3, -0.25) is 62.5 Å². The predicted octanol–water partition coefficient (Wildman–Crippen LogP) is 10.9. The second-order valence-corrected chi connectivity index (χ2v) is 41.8. The number of methoxy groups -OCH3 is 3. The maximum Gasteiger partial charge on any atom is 0.422 e. The highest BCUT2D eigenvalue weighted by atomic mass is 32.2. The van der Waals surface area contributed by atoms with Crippen LogP contribution in [0.5, 0.6) is 5.75 Å². The van der Waals surface area contributed by atoms with Crippen LogP contribution in [0.4, 0.5) is 9.59 Å². The van der Waals surface area contributed by atoms with Crippen molar-refractivity contribution in [1.29, 1.82) is 0 Å². The average molecular weight is 1940 g/mol. The number of thioether (sulfide) groups is 2. The Bertz CT molecular complexity index is 3710. The summed E-state index contributed by atoms with van der Waals surface area (Å²) in [5, 5.41) is 9.94. The lowest BCUT2D eigenvalue weighted by Crippen LogP contribution is -2.46. The molecule has 762 valence electrons. The van der Waals surface area contributed by atoms with Gasteiger partial charge in [0.2, 0.25) is 65.0 Å². The highest BCUT2D eigenvalue weighted by Crippen LogP contribution is 2.32. The number of carbonyl (C=O) groups is 13. The molecule has 0 bridgehead atoms. The number of carbonyl (C=O) groups excluding carboxylic acids is 13. The summed E-state index contributed by atoms with van der Waals surface area (Å²) in [6.45, 7) is 33.2. The van der Waals surface area contributed by atoms with Gasteiger partial charge in [0.15, 0.2) is 0 Å². The van der Waals surface area contributed by atoms with Crippen LogP contribution in [0.1, 0.15) is 276 Å². The standard InChI is InChI=1S/C95H167N13O22S3/c1-22-23-59-125-94(12,13)67-83(116)105(57-42-92(8,9)126-60-44-89(2,3)122-19)69-78(111)98-49-47-96-76(109)40-55-107-81(114)65-74(85(107)118)132-63-30-26-24-28-53-104(80(113)35-32-34-73(130-87(120)100-101-131)71-36-38-72(39-37-71)129-88(121)103(18)52-33-51-102(16)17)54-29-25-27-31-64-133-75-66-82(115)108(86(75)119)56-41-77(110)97-48-50-99-79(112)70-106(58-43-93(10,11)127-61-45-90(4,5)123-20)84(117)68-95(14,15)128-62-46-91(6,7)124-21/h36-39,73-75,101,131H,22-35,40-70H2,1-21H3,(H,96,109)(H,97,110)(H,98,111)(H,99,112)(H,100,120). The van der Waals surface area contributed by atoms with E-state index in [1.807, 2.05) is 121 Å². The molecule has 0 spiro atoms. The summed E-state index contributed by atoms with van der Waals surface area (Å²) in [4.78, 5) is 187. The molecule has 2 heterocycles. The molecule has 0 aromatic heterocycles. The van der Waals surface area contributed by atoms with Gasteiger partial charge in [-0.2, -0.15) is 4.83 Å². The van der Waals surface area contributed by atoms with E-state index in [4.69, 9.17) is 42.6 Å². The zero-order valence-corrected chi connectivity index (χ0v) is 86.8. The second kappa shape index (κ2) is 62.1. The summed E-state index contributed by atoms with van der Waals surface area (Å²) in [6, 6.07) is 6.65. The number of hydrogen-bond donors (Lipinski definition) is 7. The van der Waals surface area contributed by atoms with Crippen LogP contribution in [-0.2, 0) is 90.6 Å². The van der Waals surface area contributed by atoms with Gasteiger partial charge in [0.05, 0.1) is 95.5 Å². The highest BCUT2D eigenvalue weighted by molar-refractivity contribution is 8.00. The van der Waals surface area contributed by atoms with Gasteiger partial charge in [0.1, 0.15) is 11.9 Å².